The molecule has 1 atom stereocenters. The fraction of sp³-hybridized carbons (Fsp3) is 0.583. The number of nitrogens with zero attached hydrogens (tertiary/aromatic N) is 4. The van der Waals surface area contributed by atoms with Crippen LogP contribution in [0.1, 0.15) is 20.8 Å². The van der Waals surface area contributed by atoms with E-state index in [1.54, 1.807) is 10.6 Å². The maximum Gasteiger partial charge on any atom is 0.255 e. The van der Waals surface area contributed by atoms with Gasteiger partial charge in [0, 0.05) is 12.7 Å². The molecule has 0 saturated carbocycles. The zero-order chi connectivity index (χ0) is 13.8. The van der Waals surface area contributed by atoms with Gasteiger partial charge in [-0.2, -0.15) is 19.6 Å². The van der Waals surface area contributed by atoms with Gasteiger partial charge in [0.1, 0.15) is 17.3 Å². The molecule has 1 N–H and O–H groups in total. The minimum atomic E-state index is 0.172. The van der Waals surface area contributed by atoms with E-state index in [0.717, 1.165) is 5.82 Å². The number of nitrogens with one attached hydrogen (secondary N) is 1. The van der Waals surface area contributed by atoms with Crippen LogP contribution in [0.25, 0.3) is 5.78 Å². The maximum atomic E-state index is 5.98. The first kappa shape index (κ1) is 14.0. The Labute approximate surface area is 117 Å². The van der Waals surface area contributed by atoms with Crippen LogP contribution in [0.3, 0.4) is 0 Å². The first-order valence-corrected chi connectivity index (χ1v) is 6.70. The Morgan fingerprint density at radius 1 is 1.47 bits per heavy atom. The smallest absolute Gasteiger partial charge is 0.255 e. The summed E-state index contributed by atoms with van der Waals surface area (Å²) in [5, 5.41) is 7.92. The third kappa shape index (κ3) is 3.33. The van der Waals surface area contributed by atoms with E-state index in [2.05, 4.69) is 34.2 Å². The van der Waals surface area contributed by atoms with Crippen LogP contribution in [0.2, 0.25) is 5.15 Å². The lowest BCUT2D eigenvalue weighted by Gasteiger charge is -2.23. The van der Waals surface area contributed by atoms with Gasteiger partial charge in [-0.15, -0.1) is 0 Å². The molecule has 0 aromatic carbocycles. The van der Waals surface area contributed by atoms with Crippen molar-refractivity contribution in [2.45, 2.75) is 26.8 Å². The molecule has 0 amide bonds. The third-order valence-electron chi connectivity index (χ3n) is 2.86. The van der Waals surface area contributed by atoms with Crippen molar-refractivity contribution < 1.29 is 4.74 Å². The summed E-state index contributed by atoms with van der Waals surface area (Å²) in [6.07, 6.45) is 1.46. The SMILES string of the molecule is CCOCC(Nc1cc(Cl)nc2ncnn12)C(C)C. The molecule has 2 aromatic rings. The average molecular weight is 284 g/mol. The van der Waals surface area contributed by atoms with Gasteiger partial charge in [-0.3, -0.25) is 0 Å². The normalized spacial score (nSPS) is 13.1. The Kier molecular flexibility index (Phi) is 4.55. The standard InChI is InChI=1S/C12H18ClN5O/c1-4-19-6-9(8(2)3)16-11-5-10(13)17-12-14-7-15-18(11)12/h5,7-9,16H,4,6H2,1-3H3. The summed E-state index contributed by atoms with van der Waals surface area (Å²) in [4.78, 5) is 8.13. The molecule has 1 unspecified atom stereocenters. The maximum absolute atomic E-state index is 5.98. The number of ether oxygens (including phenoxy) is 1. The molecule has 0 fully saturated rings. The number of halogens is 1. The second-order valence-corrected chi connectivity index (χ2v) is 4.98. The Bertz CT molecular complexity index is 542. The van der Waals surface area contributed by atoms with Gasteiger partial charge in [-0.05, 0) is 12.8 Å². The van der Waals surface area contributed by atoms with Crippen molar-refractivity contribution >= 4 is 23.2 Å². The summed E-state index contributed by atoms with van der Waals surface area (Å²) in [5.74, 6) is 1.66. The van der Waals surface area contributed by atoms with Gasteiger partial charge >= 0.3 is 0 Å². The summed E-state index contributed by atoms with van der Waals surface area (Å²) in [7, 11) is 0. The van der Waals surface area contributed by atoms with Crippen molar-refractivity contribution in [1.29, 1.82) is 0 Å². The van der Waals surface area contributed by atoms with Crippen molar-refractivity contribution in [3.05, 3.63) is 17.5 Å². The molecule has 6 nitrogen and oxygen atoms in total. The quantitative estimate of drug-likeness (QED) is 0.824. The molecule has 0 bridgehead atoms. The van der Waals surface area contributed by atoms with Crippen LogP contribution in [0.4, 0.5) is 5.82 Å². The largest absolute Gasteiger partial charge is 0.380 e. The van der Waals surface area contributed by atoms with Crippen molar-refractivity contribution in [3.8, 4) is 0 Å². The minimum absolute atomic E-state index is 0.172. The lowest BCUT2D eigenvalue weighted by atomic mass is 10.1. The monoisotopic (exact) mass is 283 g/mol. The fourth-order valence-corrected chi connectivity index (χ4v) is 1.90. The molecular formula is C12H18ClN5O. The van der Waals surface area contributed by atoms with Crippen molar-refractivity contribution in [3.63, 3.8) is 0 Å². The topological polar surface area (TPSA) is 64.3 Å². The molecule has 0 saturated heterocycles. The van der Waals surface area contributed by atoms with Crippen LogP contribution < -0.4 is 5.32 Å². The van der Waals surface area contributed by atoms with E-state index in [9.17, 15) is 0 Å². The lowest BCUT2D eigenvalue weighted by molar-refractivity contribution is 0.126. The Morgan fingerprint density at radius 3 is 2.95 bits per heavy atom. The predicted molar refractivity (Wildman–Crippen MR) is 74.5 cm³/mol. The molecule has 2 heterocycles. The lowest BCUT2D eigenvalue weighted by Crippen LogP contribution is -2.32. The predicted octanol–water partition coefficient (Wildman–Crippen LogP) is 2.25. The van der Waals surface area contributed by atoms with Crippen LogP contribution in [0.15, 0.2) is 12.4 Å². The number of aromatic nitrogens is 4. The zero-order valence-corrected chi connectivity index (χ0v) is 12.1. The molecule has 2 rings (SSSR count). The van der Waals surface area contributed by atoms with E-state index < -0.39 is 0 Å². The van der Waals surface area contributed by atoms with Gasteiger partial charge in [0.25, 0.3) is 5.78 Å². The summed E-state index contributed by atoms with van der Waals surface area (Å²) in [5.41, 5.74) is 0. The van der Waals surface area contributed by atoms with Gasteiger partial charge in [-0.25, -0.2) is 0 Å². The number of hydrogen-bond donors (Lipinski definition) is 1. The molecule has 0 radical (unpaired) electrons. The van der Waals surface area contributed by atoms with Gasteiger partial charge < -0.3 is 10.1 Å². The van der Waals surface area contributed by atoms with Crippen molar-refractivity contribution in [2.75, 3.05) is 18.5 Å². The molecule has 0 aliphatic rings. The molecule has 104 valence electrons. The van der Waals surface area contributed by atoms with Crippen molar-refractivity contribution in [2.24, 2.45) is 5.92 Å². The van der Waals surface area contributed by atoms with Crippen molar-refractivity contribution in [1.82, 2.24) is 19.6 Å². The number of fused-ring (bicyclic) bond motifs is 1. The van der Waals surface area contributed by atoms with Crippen LogP contribution in [-0.2, 0) is 4.74 Å². The minimum Gasteiger partial charge on any atom is -0.380 e. The van der Waals surface area contributed by atoms with Gasteiger partial charge in [-0.1, -0.05) is 25.4 Å². The summed E-state index contributed by atoms with van der Waals surface area (Å²) < 4.78 is 7.13. The number of anilines is 1. The second-order valence-electron chi connectivity index (χ2n) is 4.59. The molecule has 7 heteroatoms. The first-order valence-electron chi connectivity index (χ1n) is 6.32. The van der Waals surface area contributed by atoms with E-state index in [1.165, 1.54) is 6.33 Å². The van der Waals surface area contributed by atoms with Gasteiger partial charge in [0.05, 0.1) is 12.6 Å². The third-order valence-corrected chi connectivity index (χ3v) is 3.05. The molecule has 0 spiro atoms. The van der Waals surface area contributed by atoms with Crippen LogP contribution in [0, 0.1) is 5.92 Å². The summed E-state index contributed by atoms with van der Waals surface area (Å²) >= 11 is 5.98. The molecule has 0 aliphatic heterocycles. The van der Waals surface area contributed by atoms with E-state index >= 15 is 0 Å². The Hall–Kier alpha value is -1.40. The number of hydrogen-bond acceptors (Lipinski definition) is 5. The van der Waals surface area contributed by atoms with Crippen LogP contribution in [-0.4, -0.2) is 38.8 Å². The summed E-state index contributed by atoms with van der Waals surface area (Å²) in [6, 6.07) is 1.91. The first-order chi connectivity index (χ1) is 9.11. The van der Waals surface area contributed by atoms with Crippen LogP contribution in [0.5, 0.6) is 0 Å². The van der Waals surface area contributed by atoms with E-state index in [0.29, 0.717) is 30.1 Å². The van der Waals surface area contributed by atoms with Crippen LogP contribution >= 0.6 is 11.6 Å². The van der Waals surface area contributed by atoms with E-state index in [-0.39, 0.29) is 6.04 Å². The average Bonchev–Trinajstić information content (AvgIpc) is 2.81. The molecule has 2 aromatic heterocycles. The summed E-state index contributed by atoms with van der Waals surface area (Å²) in [6.45, 7) is 7.58. The molecule has 0 aliphatic carbocycles. The zero-order valence-electron chi connectivity index (χ0n) is 11.3. The van der Waals surface area contributed by atoms with Gasteiger partial charge in [0.2, 0.25) is 0 Å². The highest BCUT2D eigenvalue weighted by molar-refractivity contribution is 6.29. The molecular weight excluding hydrogens is 266 g/mol. The Morgan fingerprint density at radius 2 is 2.26 bits per heavy atom. The number of rotatable bonds is 6. The highest BCUT2D eigenvalue weighted by Gasteiger charge is 2.16. The molecule has 19 heavy (non-hydrogen) atoms. The highest BCUT2D eigenvalue weighted by Crippen LogP contribution is 2.17. The Balaban J connectivity index is 2.25. The second kappa shape index (κ2) is 6.16. The van der Waals surface area contributed by atoms with Gasteiger partial charge in [0.15, 0.2) is 0 Å². The van der Waals surface area contributed by atoms with E-state index in [4.69, 9.17) is 16.3 Å². The highest BCUT2D eigenvalue weighted by atomic mass is 35.5. The van der Waals surface area contributed by atoms with E-state index in [1.807, 2.05) is 6.92 Å². The fourth-order valence-electron chi connectivity index (χ4n) is 1.72.